The number of hydrogen-bond donors (Lipinski definition) is 0. The maximum atomic E-state index is 5.55. The summed E-state index contributed by atoms with van der Waals surface area (Å²) < 4.78 is 5.55. The van der Waals surface area contributed by atoms with E-state index in [2.05, 4.69) is 47.0 Å². The normalized spacial score (nSPS) is 20.1. The van der Waals surface area contributed by atoms with Gasteiger partial charge in [0.05, 0.1) is 18.9 Å². The second-order valence-corrected chi connectivity index (χ2v) is 7.38. The maximum absolute atomic E-state index is 5.55. The lowest BCUT2D eigenvalue weighted by molar-refractivity contribution is 0.109. The van der Waals surface area contributed by atoms with Gasteiger partial charge in [-0.15, -0.1) is 5.10 Å². The zero-order chi connectivity index (χ0) is 18.1. The SMILES string of the molecule is c1nc(N2CCCC2)cc(N2CCN(c3cc4c(nn3)CCOC4)CC2)n1. The van der Waals surface area contributed by atoms with E-state index in [1.807, 2.05) is 0 Å². The van der Waals surface area contributed by atoms with Gasteiger partial charge in [0, 0.05) is 57.3 Å². The summed E-state index contributed by atoms with van der Waals surface area (Å²) in [5.74, 6) is 3.04. The van der Waals surface area contributed by atoms with Crippen molar-refractivity contribution in [1.29, 1.82) is 0 Å². The van der Waals surface area contributed by atoms with Crippen LogP contribution < -0.4 is 14.7 Å². The van der Waals surface area contributed by atoms with E-state index in [1.165, 1.54) is 18.4 Å². The van der Waals surface area contributed by atoms with Crippen molar-refractivity contribution in [2.75, 3.05) is 60.6 Å². The second kappa shape index (κ2) is 7.26. The van der Waals surface area contributed by atoms with Gasteiger partial charge in [-0.05, 0) is 18.9 Å². The third-order valence-corrected chi connectivity index (χ3v) is 5.68. The molecule has 27 heavy (non-hydrogen) atoms. The van der Waals surface area contributed by atoms with Crippen LogP contribution in [0.1, 0.15) is 24.1 Å². The Hall–Kier alpha value is -2.48. The molecule has 3 aliphatic rings. The van der Waals surface area contributed by atoms with Gasteiger partial charge in [-0.2, -0.15) is 5.10 Å². The molecule has 8 heteroatoms. The third-order valence-electron chi connectivity index (χ3n) is 5.68. The Kier molecular flexibility index (Phi) is 4.49. The Morgan fingerprint density at radius 3 is 2.15 bits per heavy atom. The molecule has 5 heterocycles. The quantitative estimate of drug-likeness (QED) is 0.803. The van der Waals surface area contributed by atoms with Crippen LogP contribution in [0.2, 0.25) is 0 Å². The minimum absolute atomic E-state index is 0.651. The molecule has 2 saturated heterocycles. The van der Waals surface area contributed by atoms with E-state index in [0.717, 1.165) is 75.4 Å². The van der Waals surface area contributed by atoms with E-state index in [0.29, 0.717) is 6.61 Å². The van der Waals surface area contributed by atoms with Gasteiger partial charge in [-0.1, -0.05) is 0 Å². The zero-order valence-electron chi connectivity index (χ0n) is 15.5. The number of piperazine rings is 1. The molecule has 0 bridgehead atoms. The first kappa shape index (κ1) is 16.7. The molecule has 142 valence electrons. The van der Waals surface area contributed by atoms with Crippen LogP contribution in [0.15, 0.2) is 18.5 Å². The number of hydrogen-bond acceptors (Lipinski definition) is 8. The monoisotopic (exact) mass is 367 g/mol. The largest absolute Gasteiger partial charge is 0.376 e. The summed E-state index contributed by atoms with van der Waals surface area (Å²) in [5, 5.41) is 8.87. The van der Waals surface area contributed by atoms with Crippen molar-refractivity contribution in [3.63, 3.8) is 0 Å². The van der Waals surface area contributed by atoms with Crippen LogP contribution in [0.3, 0.4) is 0 Å². The maximum Gasteiger partial charge on any atom is 0.151 e. The molecule has 0 N–H and O–H groups in total. The predicted octanol–water partition coefficient (Wildman–Crippen LogP) is 1.27. The minimum atomic E-state index is 0.651. The number of fused-ring (bicyclic) bond motifs is 1. The molecule has 0 spiro atoms. The van der Waals surface area contributed by atoms with Gasteiger partial charge in [-0.3, -0.25) is 0 Å². The highest BCUT2D eigenvalue weighted by atomic mass is 16.5. The molecule has 2 aromatic heterocycles. The zero-order valence-corrected chi connectivity index (χ0v) is 15.5. The summed E-state index contributed by atoms with van der Waals surface area (Å²) in [6.45, 7) is 7.28. The Morgan fingerprint density at radius 1 is 0.741 bits per heavy atom. The van der Waals surface area contributed by atoms with Crippen LogP contribution in [0.5, 0.6) is 0 Å². The first-order valence-electron chi connectivity index (χ1n) is 9.87. The van der Waals surface area contributed by atoms with Crippen molar-refractivity contribution in [3.8, 4) is 0 Å². The van der Waals surface area contributed by atoms with Gasteiger partial charge < -0.3 is 19.4 Å². The van der Waals surface area contributed by atoms with Gasteiger partial charge in [0.1, 0.15) is 18.0 Å². The Balaban J connectivity index is 1.26. The highest BCUT2D eigenvalue weighted by Crippen LogP contribution is 2.24. The molecule has 0 atom stereocenters. The summed E-state index contributed by atoms with van der Waals surface area (Å²) in [6.07, 6.45) is 5.07. The average Bonchev–Trinajstić information content (AvgIpc) is 3.29. The lowest BCUT2D eigenvalue weighted by Crippen LogP contribution is -2.47. The highest BCUT2D eigenvalue weighted by molar-refractivity contribution is 5.52. The molecule has 2 fully saturated rings. The van der Waals surface area contributed by atoms with E-state index < -0.39 is 0 Å². The molecule has 0 radical (unpaired) electrons. The molecule has 0 aliphatic carbocycles. The van der Waals surface area contributed by atoms with Crippen LogP contribution in [0, 0.1) is 0 Å². The molecule has 5 rings (SSSR count). The van der Waals surface area contributed by atoms with Crippen molar-refractivity contribution in [3.05, 3.63) is 29.7 Å². The fourth-order valence-electron chi connectivity index (χ4n) is 4.08. The summed E-state index contributed by atoms with van der Waals surface area (Å²) in [7, 11) is 0. The number of aromatic nitrogens is 4. The van der Waals surface area contributed by atoms with Crippen molar-refractivity contribution in [2.45, 2.75) is 25.9 Å². The van der Waals surface area contributed by atoms with Crippen molar-refractivity contribution >= 4 is 17.5 Å². The highest BCUT2D eigenvalue weighted by Gasteiger charge is 2.22. The van der Waals surface area contributed by atoms with Gasteiger partial charge in [0.15, 0.2) is 5.82 Å². The number of rotatable bonds is 3. The molecule has 0 saturated carbocycles. The fraction of sp³-hybridized carbons (Fsp3) is 0.579. The van der Waals surface area contributed by atoms with Crippen LogP contribution in [-0.4, -0.2) is 66.0 Å². The van der Waals surface area contributed by atoms with E-state index >= 15 is 0 Å². The average molecular weight is 367 g/mol. The molecule has 0 aromatic carbocycles. The van der Waals surface area contributed by atoms with Crippen molar-refractivity contribution < 1.29 is 4.74 Å². The summed E-state index contributed by atoms with van der Waals surface area (Å²) in [5.41, 5.74) is 2.26. The minimum Gasteiger partial charge on any atom is -0.376 e. The Bertz CT molecular complexity index is 800. The van der Waals surface area contributed by atoms with Gasteiger partial charge in [0.2, 0.25) is 0 Å². The third kappa shape index (κ3) is 3.41. The van der Waals surface area contributed by atoms with E-state index in [9.17, 15) is 0 Å². The van der Waals surface area contributed by atoms with Crippen LogP contribution in [0.4, 0.5) is 17.5 Å². The van der Waals surface area contributed by atoms with E-state index in [4.69, 9.17) is 4.74 Å². The lowest BCUT2D eigenvalue weighted by atomic mass is 10.1. The fourth-order valence-corrected chi connectivity index (χ4v) is 4.08. The van der Waals surface area contributed by atoms with E-state index in [1.54, 1.807) is 6.33 Å². The molecule has 3 aliphatic heterocycles. The summed E-state index contributed by atoms with van der Waals surface area (Å²) in [4.78, 5) is 16.0. The van der Waals surface area contributed by atoms with Crippen LogP contribution >= 0.6 is 0 Å². The number of nitrogens with zero attached hydrogens (tertiary/aromatic N) is 7. The Morgan fingerprint density at radius 2 is 1.41 bits per heavy atom. The first-order chi connectivity index (χ1) is 13.4. The van der Waals surface area contributed by atoms with Crippen LogP contribution in [-0.2, 0) is 17.8 Å². The lowest BCUT2D eigenvalue weighted by Gasteiger charge is -2.36. The molecular formula is C19H25N7O. The van der Waals surface area contributed by atoms with Gasteiger partial charge in [-0.25, -0.2) is 9.97 Å². The molecular weight excluding hydrogens is 342 g/mol. The number of anilines is 3. The van der Waals surface area contributed by atoms with Crippen LogP contribution in [0.25, 0.3) is 0 Å². The summed E-state index contributed by atoms with van der Waals surface area (Å²) in [6, 6.07) is 4.28. The first-order valence-corrected chi connectivity index (χ1v) is 9.87. The molecule has 2 aromatic rings. The molecule has 0 unspecified atom stereocenters. The standard InChI is InChI=1S/C19H25N7O/c1-2-5-24(4-1)17-12-18(21-14-20-17)25-6-8-26(9-7-25)19-11-15-13-27-10-3-16(15)22-23-19/h11-12,14H,1-10,13H2. The van der Waals surface area contributed by atoms with E-state index in [-0.39, 0.29) is 0 Å². The van der Waals surface area contributed by atoms with Gasteiger partial charge in [0.25, 0.3) is 0 Å². The molecule has 8 nitrogen and oxygen atoms in total. The summed E-state index contributed by atoms with van der Waals surface area (Å²) >= 11 is 0. The smallest absolute Gasteiger partial charge is 0.151 e. The van der Waals surface area contributed by atoms with Crippen molar-refractivity contribution in [1.82, 2.24) is 20.2 Å². The number of ether oxygens (including phenoxy) is 1. The van der Waals surface area contributed by atoms with Crippen molar-refractivity contribution in [2.24, 2.45) is 0 Å². The second-order valence-electron chi connectivity index (χ2n) is 7.38. The van der Waals surface area contributed by atoms with Gasteiger partial charge >= 0.3 is 0 Å². The Labute approximate surface area is 159 Å². The topological polar surface area (TPSA) is 70.5 Å². The molecule has 0 amide bonds. The predicted molar refractivity (Wildman–Crippen MR) is 103 cm³/mol.